The normalized spacial score (nSPS) is 17.2. The molecule has 1 aliphatic rings. The zero-order valence-corrected chi connectivity index (χ0v) is 8.63. The second kappa shape index (κ2) is 4.09. The van der Waals surface area contributed by atoms with Crippen LogP contribution in [0.3, 0.4) is 0 Å². The molecule has 1 saturated carbocycles. The lowest BCUT2D eigenvalue weighted by molar-refractivity contribution is 0.0923. The number of nitrogens with zero attached hydrogens (tertiary/aromatic N) is 1. The smallest absolute Gasteiger partial charge is 0.167 e. The van der Waals surface area contributed by atoms with Crippen LogP contribution in [0.25, 0.3) is 0 Å². The summed E-state index contributed by atoms with van der Waals surface area (Å²) in [5.41, 5.74) is 0.633. The predicted molar refractivity (Wildman–Crippen MR) is 55.5 cm³/mol. The first-order valence-corrected chi connectivity index (χ1v) is 5.30. The van der Waals surface area contributed by atoms with E-state index in [0.717, 1.165) is 12.8 Å². The van der Waals surface area contributed by atoms with Gasteiger partial charge >= 0.3 is 0 Å². The summed E-state index contributed by atoms with van der Waals surface area (Å²) in [7, 11) is 0. The fourth-order valence-corrected chi connectivity index (χ4v) is 2.20. The molecule has 0 aromatic carbocycles. The quantitative estimate of drug-likeness (QED) is 0.701. The average Bonchev–Trinajstić information content (AvgIpc) is 2.70. The van der Waals surface area contributed by atoms with Crippen molar-refractivity contribution in [3.8, 4) is 0 Å². The number of aromatic nitrogens is 1. The van der Waals surface area contributed by atoms with Gasteiger partial charge < -0.3 is 0 Å². The molecule has 1 aromatic heterocycles. The summed E-state index contributed by atoms with van der Waals surface area (Å²) in [5.74, 6) is 0.379. The van der Waals surface area contributed by atoms with Crippen LogP contribution in [0.1, 0.15) is 36.0 Å². The summed E-state index contributed by atoms with van der Waals surface area (Å²) in [6.45, 7) is 0. The van der Waals surface area contributed by atoms with Crippen molar-refractivity contribution in [2.24, 2.45) is 5.92 Å². The molecule has 0 bridgehead atoms. The molecule has 2 rings (SSSR count). The van der Waals surface area contributed by atoms with Gasteiger partial charge in [0.25, 0.3) is 0 Å². The van der Waals surface area contributed by atoms with Crippen molar-refractivity contribution in [3.05, 3.63) is 29.0 Å². The molecule has 1 heterocycles. The molecule has 1 aromatic rings. The van der Waals surface area contributed by atoms with E-state index in [0.29, 0.717) is 10.6 Å². The summed E-state index contributed by atoms with van der Waals surface area (Å²) in [4.78, 5) is 15.8. The number of hydrogen-bond donors (Lipinski definition) is 0. The molecule has 0 saturated heterocycles. The third-order valence-electron chi connectivity index (χ3n) is 2.76. The minimum absolute atomic E-state index is 0.190. The molecule has 3 heteroatoms. The number of rotatable bonds is 2. The summed E-state index contributed by atoms with van der Waals surface area (Å²) in [6.07, 6.45) is 7.50. The summed E-state index contributed by atoms with van der Waals surface area (Å²) < 4.78 is 0. The van der Waals surface area contributed by atoms with Gasteiger partial charge in [-0.2, -0.15) is 0 Å². The number of ketones is 1. The molecule has 0 unspecified atom stereocenters. The Morgan fingerprint density at radius 1 is 1.43 bits per heavy atom. The molecule has 0 aliphatic heterocycles. The van der Waals surface area contributed by atoms with E-state index in [9.17, 15) is 4.79 Å². The van der Waals surface area contributed by atoms with Crippen LogP contribution in [0.15, 0.2) is 18.5 Å². The topological polar surface area (TPSA) is 30.0 Å². The number of hydrogen-bond acceptors (Lipinski definition) is 2. The largest absolute Gasteiger partial charge is 0.294 e. The van der Waals surface area contributed by atoms with Gasteiger partial charge in [0, 0.05) is 23.9 Å². The van der Waals surface area contributed by atoms with Gasteiger partial charge in [0.05, 0.1) is 5.02 Å². The van der Waals surface area contributed by atoms with Crippen molar-refractivity contribution >= 4 is 17.4 Å². The van der Waals surface area contributed by atoms with Gasteiger partial charge in [-0.15, -0.1) is 0 Å². The maximum atomic E-state index is 12.0. The molecule has 0 amide bonds. The van der Waals surface area contributed by atoms with Crippen molar-refractivity contribution in [2.75, 3.05) is 0 Å². The number of halogens is 1. The van der Waals surface area contributed by atoms with Gasteiger partial charge in [-0.3, -0.25) is 9.78 Å². The van der Waals surface area contributed by atoms with E-state index in [2.05, 4.69) is 4.98 Å². The highest BCUT2D eigenvalue weighted by molar-refractivity contribution is 6.33. The number of carbonyl (C=O) groups is 1. The standard InChI is InChI=1S/C11H12ClNO/c12-10-7-13-6-5-9(10)11(14)8-3-1-2-4-8/h5-8H,1-4H2. The molecule has 74 valence electrons. The van der Waals surface area contributed by atoms with Crippen molar-refractivity contribution in [2.45, 2.75) is 25.7 Å². The molecule has 2 nitrogen and oxygen atoms in total. The molecule has 1 aliphatic carbocycles. The minimum atomic E-state index is 0.190. The zero-order chi connectivity index (χ0) is 9.97. The Morgan fingerprint density at radius 2 is 2.14 bits per heavy atom. The predicted octanol–water partition coefficient (Wildman–Crippen LogP) is 3.11. The second-order valence-corrected chi connectivity index (χ2v) is 4.11. The van der Waals surface area contributed by atoms with E-state index in [4.69, 9.17) is 11.6 Å². The van der Waals surface area contributed by atoms with Crippen molar-refractivity contribution < 1.29 is 4.79 Å². The van der Waals surface area contributed by atoms with Crippen LogP contribution < -0.4 is 0 Å². The van der Waals surface area contributed by atoms with Gasteiger partial charge in [0.2, 0.25) is 0 Å². The Hall–Kier alpha value is -0.890. The van der Waals surface area contributed by atoms with E-state index in [-0.39, 0.29) is 11.7 Å². The Balaban J connectivity index is 2.22. The molecule has 0 N–H and O–H groups in total. The molecule has 0 radical (unpaired) electrons. The van der Waals surface area contributed by atoms with Crippen molar-refractivity contribution in [3.63, 3.8) is 0 Å². The first-order valence-electron chi connectivity index (χ1n) is 4.93. The fourth-order valence-electron chi connectivity index (χ4n) is 1.98. The van der Waals surface area contributed by atoms with Gasteiger partial charge in [-0.1, -0.05) is 24.4 Å². The number of Topliss-reactive ketones (excluding diaryl/α,β-unsaturated/α-hetero) is 1. The Labute approximate surface area is 88.3 Å². The van der Waals surface area contributed by atoms with E-state index >= 15 is 0 Å². The van der Waals surface area contributed by atoms with E-state index in [1.165, 1.54) is 19.0 Å². The third kappa shape index (κ3) is 1.80. The van der Waals surface area contributed by atoms with Crippen molar-refractivity contribution in [1.82, 2.24) is 4.98 Å². The van der Waals surface area contributed by atoms with Gasteiger partial charge in [0.15, 0.2) is 5.78 Å². The van der Waals surface area contributed by atoms with Gasteiger partial charge in [0.1, 0.15) is 0 Å². The molecular formula is C11H12ClNO. The SMILES string of the molecule is O=C(c1ccncc1Cl)C1CCCC1. The van der Waals surface area contributed by atoms with Crippen LogP contribution in [0, 0.1) is 5.92 Å². The van der Waals surface area contributed by atoms with Crippen LogP contribution in [-0.4, -0.2) is 10.8 Å². The monoisotopic (exact) mass is 209 g/mol. The average molecular weight is 210 g/mol. The molecule has 0 spiro atoms. The molecule has 0 atom stereocenters. The number of pyridine rings is 1. The van der Waals surface area contributed by atoms with E-state index in [1.54, 1.807) is 12.3 Å². The highest BCUT2D eigenvalue weighted by Gasteiger charge is 2.24. The van der Waals surface area contributed by atoms with Gasteiger partial charge in [-0.05, 0) is 18.9 Å². The zero-order valence-electron chi connectivity index (χ0n) is 7.87. The fraction of sp³-hybridized carbons (Fsp3) is 0.455. The molecule has 14 heavy (non-hydrogen) atoms. The summed E-state index contributed by atoms with van der Waals surface area (Å²) in [5, 5.41) is 0.476. The second-order valence-electron chi connectivity index (χ2n) is 3.70. The van der Waals surface area contributed by atoms with Crippen LogP contribution in [0.2, 0.25) is 5.02 Å². The van der Waals surface area contributed by atoms with Crippen LogP contribution in [-0.2, 0) is 0 Å². The molecular weight excluding hydrogens is 198 g/mol. The summed E-state index contributed by atoms with van der Waals surface area (Å²) >= 11 is 5.91. The Bertz CT molecular complexity index is 345. The first kappa shape index (κ1) is 9.66. The number of carbonyl (C=O) groups excluding carboxylic acids is 1. The lowest BCUT2D eigenvalue weighted by Crippen LogP contribution is -2.11. The van der Waals surface area contributed by atoms with Crippen LogP contribution >= 0.6 is 11.6 Å². The minimum Gasteiger partial charge on any atom is -0.294 e. The molecule has 1 fully saturated rings. The Kier molecular flexibility index (Phi) is 2.82. The maximum absolute atomic E-state index is 12.0. The first-order chi connectivity index (χ1) is 6.79. The lowest BCUT2D eigenvalue weighted by Gasteiger charge is -2.08. The van der Waals surface area contributed by atoms with Gasteiger partial charge in [-0.25, -0.2) is 0 Å². The Morgan fingerprint density at radius 3 is 2.79 bits per heavy atom. The van der Waals surface area contributed by atoms with Crippen LogP contribution in [0.5, 0.6) is 0 Å². The van der Waals surface area contributed by atoms with Crippen LogP contribution in [0.4, 0.5) is 0 Å². The van der Waals surface area contributed by atoms with E-state index in [1.807, 2.05) is 0 Å². The maximum Gasteiger partial charge on any atom is 0.167 e. The highest BCUT2D eigenvalue weighted by Crippen LogP contribution is 2.29. The highest BCUT2D eigenvalue weighted by atomic mass is 35.5. The van der Waals surface area contributed by atoms with Crippen molar-refractivity contribution in [1.29, 1.82) is 0 Å². The van der Waals surface area contributed by atoms with E-state index < -0.39 is 0 Å². The third-order valence-corrected chi connectivity index (χ3v) is 3.07. The lowest BCUT2D eigenvalue weighted by atomic mass is 9.97. The summed E-state index contributed by atoms with van der Waals surface area (Å²) in [6, 6.07) is 1.71.